The van der Waals surface area contributed by atoms with Crippen LogP contribution >= 0.6 is 22.9 Å². The van der Waals surface area contributed by atoms with Crippen LogP contribution in [0.3, 0.4) is 0 Å². The summed E-state index contributed by atoms with van der Waals surface area (Å²) in [5, 5.41) is 5.35. The number of sulfonamides is 1. The Hall–Kier alpha value is -1.13. The van der Waals surface area contributed by atoms with E-state index in [0.717, 1.165) is 29.0 Å². The second-order valence-corrected chi connectivity index (χ2v) is 11.0. The van der Waals surface area contributed by atoms with Crippen LogP contribution in [0.15, 0.2) is 39.9 Å². The summed E-state index contributed by atoms with van der Waals surface area (Å²) in [5.74, 6) is 0. The van der Waals surface area contributed by atoms with Gasteiger partial charge in [0.1, 0.15) is 0 Å². The highest BCUT2D eigenvalue weighted by Gasteiger charge is 2.34. The summed E-state index contributed by atoms with van der Waals surface area (Å²) in [4.78, 5) is 0. The first-order valence-corrected chi connectivity index (χ1v) is 11.8. The Morgan fingerprint density at radius 2 is 1.62 bits per heavy atom. The van der Waals surface area contributed by atoms with E-state index in [9.17, 15) is 21.6 Å². The molecule has 1 fully saturated rings. The summed E-state index contributed by atoms with van der Waals surface area (Å²) >= 11 is 7.09. The van der Waals surface area contributed by atoms with Crippen molar-refractivity contribution in [2.45, 2.75) is 48.7 Å². The van der Waals surface area contributed by atoms with Gasteiger partial charge in [-0.1, -0.05) is 23.7 Å². The van der Waals surface area contributed by atoms with Gasteiger partial charge in [-0.05, 0) is 55.8 Å². The lowest BCUT2D eigenvalue weighted by Gasteiger charge is -2.37. The van der Waals surface area contributed by atoms with Gasteiger partial charge in [-0.2, -0.15) is 17.5 Å². The van der Waals surface area contributed by atoms with Crippen molar-refractivity contribution >= 4 is 33.0 Å². The number of nitrogens with one attached hydrogen (secondary N) is 1. The number of hydrogen-bond donors (Lipinski definition) is 1. The number of halogens is 4. The highest BCUT2D eigenvalue weighted by molar-refractivity contribution is 7.91. The third kappa shape index (κ3) is 4.96. The second kappa shape index (κ2) is 8.19. The SMILES string of the molecule is CC(C)(NC1CCN(S(=O)(=O)c2sccc2Cl)CC1)c1ccc(C(F)(F)F)cc1. The van der Waals surface area contributed by atoms with Crippen LogP contribution in [0.5, 0.6) is 0 Å². The fourth-order valence-electron chi connectivity index (χ4n) is 3.49. The van der Waals surface area contributed by atoms with Crippen LogP contribution in [0.4, 0.5) is 13.2 Å². The van der Waals surface area contributed by atoms with E-state index in [2.05, 4.69) is 5.32 Å². The maximum Gasteiger partial charge on any atom is 0.416 e. The fraction of sp³-hybridized carbons (Fsp3) is 0.474. The van der Waals surface area contributed by atoms with Crippen molar-refractivity contribution in [3.05, 3.63) is 51.9 Å². The Morgan fingerprint density at radius 3 is 2.10 bits per heavy atom. The Morgan fingerprint density at radius 1 is 1.07 bits per heavy atom. The molecule has 1 aliphatic rings. The molecule has 4 nitrogen and oxygen atoms in total. The van der Waals surface area contributed by atoms with E-state index < -0.39 is 27.3 Å². The molecule has 2 aromatic rings. The molecule has 0 amide bonds. The zero-order chi connectivity index (χ0) is 21.4. The average molecular weight is 467 g/mol. The van der Waals surface area contributed by atoms with Crippen LogP contribution in [0.25, 0.3) is 0 Å². The smallest absolute Gasteiger partial charge is 0.305 e. The van der Waals surface area contributed by atoms with E-state index in [1.54, 1.807) is 11.4 Å². The third-order valence-corrected chi connectivity index (χ3v) is 9.01. The zero-order valence-electron chi connectivity index (χ0n) is 16.0. The number of alkyl halides is 3. The molecule has 29 heavy (non-hydrogen) atoms. The van der Waals surface area contributed by atoms with Gasteiger partial charge in [0.2, 0.25) is 0 Å². The van der Waals surface area contributed by atoms with Crippen LogP contribution in [0.2, 0.25) is 5.02 Å². The number of piperidine rings is 1. The lowest BCUT2D eigenvalue weighted by atomic mass is 9.91. The molecule has 0 spiro atoms. The molecule has 0 saturated carbocycles. The number of thiophene rings is 1. The number of benzene rings is 1. The van der Waals surface area contributed by atoms with E-state index in [1.165, 1.54) is 16.4 Å². The molecular formula is C19H22ClF3N2O2S2. The molecule has 0 bridgehead atoms. The standard InChI is InChI=1S/C19H22ClF3N2O2S2/c1-18(2,13-3-5-14(6-4-13)19(21,22)23)24-15-7-10-25(11-8-15)29(26,27)17-16(20)9-12-28-17/h3-6,9,12,15,24H,7-8,10-11H2,1-2H3. The minimum absolute atomic E-state index is 0.0533. The number of rotatable bonds is 5. The second-order valence-electron chi connectivity index (χ2n) is 7.58. The number of nitrogens with zero attached hydrogens (tertiary/aromatic N) is 1. The average Bonchev–Trinajstić information content (AvgIpc) is 3.08. The first-order chi connectivity index (χ1) is 13.4. The van der Waals surface area contributed by atoms with Crippen molar-refractivity contribution < 1.29 is 21.6 Å². The maximum atomic E-state index is 12.8. The Balaban J connectivity index is 1.63. The molecule has 1 aromatic carbocycles. The normalized spacial score (nSPS) is 17.6. The van der Waals surface area contributed by atoms with Gasteiger partial charge in [-0.25, -0.2) is 8.42 Å². The van der Waals surface area contributed by atoms with Gasteiger partial charge >= 0.3 is 6.18 Å². The van der Waals surface area contributed by atoms with Crippen LogP contribution in [-0.4, -0.2) is 31.9 Å². The van der Waals surface area contributed by atoms with Crippen LogP contribution < -0.4 is 5.32 Å². The van der Waals surface area contributed by atoms with Crippen LogP contribution in [-0.2, 0) is 21.7 Å². The summed E-state index contributed by atoms with van der Waals surface area (Å²) in [5.41, 5.74) is -0.485. The quantitative estimate of drug-likeness (QED) is 0.667. The lowest BCUT2D eigenvalue weighted by Crippen LogP contribution is -2.50. The molecule has 2 heterocycles. The van der Waals surface area contributed by atoms with Crippen molar-refractivity contribution in [1.82, 2.24) is 9.62 Å². The van der Waals surface area contributed by atoms with Crippen molar-refractivity contribution in [3.63, 3.8) is 0 Å². The molecular weight excluding hydrogens is 445 g/mol. The topological polar surface area (TPSA) is 49.4 Å². The molecule has 1 aromatic heterocycles. The first-order valence-electron chi connectivity index (χ1n) is 9.10. The summed E-state index contributed by atoms with van der Waals surface area (Å²) in [6.45, 7) is 4.53. The molecule has 10 heteroatoms. The molecule has 1 aliphatic heterocycles. The minimum atomic E-state index is -4.36. The van der Waals surface area contributed by atoms with Crippen molar-refractivity contribution in [3.8, 4) is 0 Å². The molecule has 0 atom stereocenters. The third-order valence-electron chi connectivity index (χ3n) is 5.11. The largest absolute Gasteiger partial charge is 0.416 e. The van der Waals surface area contributed by atoms with E-state index in [0.29, 0.717) is 25.9 Å². The summed E-state index contributed by atoms with van der Waals surface area (Å²) < 4.78 is 65.4. The Bertz CT molecular complexity index is 949. The Kier molecular flexibility index (Phi) is 6.37. The van der Waals surface area contributed by atoms with Crippen molar-refractivity contribution in [1.29, 1.82) is 0 Å². The van der Waals surface area contributed by atoms with Gasteiger partial charge in [0.15, 0.2) is 4.21 Å². The van der Waals surface area contributed by atoms with E-state index in [1.807, 2.05) is 13.8 Å². The van der Waals surface area contributed by atoms with Gasteiger partial charge in [-0.15, -0.1) is 11.3 Å². The molecule has 0 aliphatic carbocycles. The van der Waals surface area contributed by atoms with E-state index in [-0.39, 0.29) is 15.3 Å². The van der Waals surface area contributed by atoms with Crippen molar-refractivity contribution in [2.75, 3.05) is 13.1 Å². The highest BCUT2D eigenvalue weighted by Crippen LogP contribution is 2.33. The summed E-state index contributed by atoms with van der Waals surface area (Å²) in [6, 6.07) is 6.75. The summed E-state index contributed by atoms with van der Waals surface area (Å²) in [7, 11) is -3.60. The molecule has 1 N–H and O–H groups in total. The molecule has 1 saturated heterocycles. The monoisotopic (exact) mass is 466 g/mol. The van der Waals surface area contributed by atoms with Gasteiger partial charge in [0.05, 0.1) is 10.6 Å². The minimum Gasteiger partial charge on any atom is -0.305 e. The van der Waals surface area contributed by atoms with Gasteiger partial charge in [0.25, 0.3) is 10.0 Å². The predicted molar refractivity (Wildman–Crippen MR) is 109 cm³/mol. The van der Waals surface area contributed by atoms with Gasteiger partial charge < -0.3 is 5.32 Å². The van der Waals surface area contributed by atoms with Gasteiger partial charge in [-0.3, -0.25) is 0 Å². The first kappa shape index (κ1) is 22.6. The van der Waals surface area contributed by atoms with Crippen LogP contribution in [0, 0.1) is 0 Å². The molecule has 160 valence electrons. The fourth-order valence-corrected chi connectivity index (χ4v) is 6.77. The predicted octanol–water partition coefficient (Wildman–Crippen LogP) is 5.10. The van der Waals surface area contributed by atoms with E-state index >= 15 is 0 Å². The zero-order valence-corrected chi connectivity index (χ0v) is 18.4. The summed E-state index contributed by atoms with van der Waals surface area (Å²) in [6.07, 6.45) is -3.15. The van der Waals surface area contributed by atoms with E-state index in [4.69, 9.17) is 11.6 Å². The maximum absolute atomic E-state index is 12.8. The van der Waals surface area contributed by atoms with Crippen LogP contribution in [0.1, 0.15) is 37.8 Å². The molecule has 0 unspecified atom stereocenters. The molecule has 3 rings (SSSR count). The van der Waals surface area contributed by atoms with Gasteiger partial charge in [0, 0.05) is 24.7 Å². The number of hydrogen-bond acceptors (Lipinski definition) is 4. The highest BCUT2D eigenvalue weighted by atomic mass is 35.5. The Labute approximate surface area is 177 Å². The van der Waals surface area contributed by atoms with Crippen molar-refractivity contribution in [2.24, 2.45) is 0 Å². The molecule has 0 radical (unpaired) electrons. The lowest BCUT2D eigenvalue weighted by molar-refractivity contribution is -0.137.